The number of hydrogen-bond donors (Lipinski definition) is 1. The summed E-state index contributed by atoms with van der Waals surface area (Å²) in [6, 6.07) is 2.75. The Labute approximate surface area is 142 Å². The van der Waals surface area contributed by atoms with Crippen LogP contribution in [0, 0.1) is 0 Å². The molecule has 1 aromatic rings. The number of nitrogens with two attached hydrogens (primary N) is 1. The number of rotatable bonds is 3. The molecule has 0 bridgehead atoms. The van der Waals surface area contributed by atoms with E-state index in [1.807, 2.05) is 0 Å². The first kappa shape index (κ1) is 18.9. The van der Waals surface area contributed by atoms with E-state index in [-0.39, 0.29) is 18.3 Å². The molecule has 0 unspecified atom stereocenters. The number of sulfonamides is 1. The van der Waals surface area contributed by atoms with Gasteiger partial charge in [-0.25, -0.2) is 8.42 Å². The standard InChI is InChI=1S/C11H16BrN3O3S2.ClH/c1-8(13)11(16)14-4-6-15(7-5-14)20(17,18)10-3-2-9(12)19-10;/h2-3,8H,4-7,13H2,1H3;1H/t8-;/m1./s1. The SMILES string of the molecule is C[C@@H](N)C(=O)N1CCN(S(=O)(=O)c2ccc(Br)s2)CC1.Cl. The van der Waals surface area contributed by atoms with Crippen molar-refractivity contribution in [3.05, 3.63) is 15.9 Å². The van der Waals surface area contributed by atoms with Crippen LogP contribution in [0.1, 0.15) is 6.92 Å². The summed E-state index contributed by atoms with van der Waals surface area (Å²) in [6.45, 7) is 3.00. The van der Waals surface area contributed by atoms with Gasteiger partial charge in [-0.2, -0.15) is 4.31 Å². The van der Waals surface area contributed by atoms with Gasteiger partial charge in [0, 0.05) is 26.2 Å². The maximum atomic E-state index is 12.4. The molecule has 1 fully saturated rings. The predicted octanol–water partition coefficient (Wildman–Crippen LogP) is 1.11. The fourth-order valence-electron chi connectivity index (χ4n) is 2.00. The van der Waals surface area contributed by atoms with Gasteiger partial charge in [0.25, 0.3) is 10.0 Å². The number of carbonyl (C=O) groups is 1. The number of carbonyl (C=O) groups excluding carboxylic acids is 1. The van der Waals surface area contributed by atoms with Crippen molar-refractivity contribution < 1.29 is 13.2 Å². The molecule has 2 rings (SSSR count). The smallest absolute Gasteiger partial charge is 0.252 e. The zero-order valence-corrected chi connectivity index (χ0v) is 15.4. The van der Waals surface area contributed by atoms with Gasteiger partial charge in [-0.3, -0.25) is 4.79 Å². The van der Waals surface area contributed by atoms with Crippen molar-refractivity contribution in [2.24, 2.45) is 5.73 Å². The molecule has 1 saturated heterocycles. The molecule has 1 aromatic heterocycles. The summed E-state index contributed by atoms with van der Waals surface area (Å²) >= 11 is 4.45. The highest BCUT2D eigenvalue weighted by atomic mass is 79.9. The van der Waals surface area contributed by atoms with Crippen LogP contribution in [0.2, 0.25) is 0 Å². The topological polar surface area (TPSA) is 83.7 Å². The van der Waals surface area contributed by atoms with E-state index < -0.39 is 16.1 Å². The Morgan fingerprint density at radius 1 is 1.33 bits per heavy atom. The number of hydrogen-bond acceptors (Lipinski definition) is 5. The molecular weight excluding hydrogens is 402 g/mol. The third-order valence-electron chi connectivity index (χ3n) is 3.08. The second kappa shape index (κ2) is 7.38. The molecule has 1 atom stereocenters. The van der Waals surface area contributed by atoms with Gasteiger partial charge in [-0.05, 0) is 35.0 Å². The van der Waals surface area contributed by atoms with Crippen LogP contribution in [0.25, 0.3) is 0 Å². The Balaban J connectivity index is 0.00000220. The lowest BCUT2D eigenvalue weighted by Crippen LogP contribution is -2.53. The number of thiophene rings is 1. The third kappa shape index (κ3) is 4.17. The van der Waals surface area contributed by atoms with Crippen molar-refractivity contribution in [3.63, 3.8) is 0 Å². The molecule has 1 amide bonds. The van der Waals surface area contributed by atoms with Crippen LogP contribution >= 0.6 is 39.7 Å². The van der Waals surface area contributed by atoms with Crippen LogP contribution in [0.4, 0.5) is 0 Å². The molecule has 0 aliphatic carbocycles. The van der Waals surface area contributed by atoms with Gasteiger partial charge in [-0.1, -0.05) is 0 Å². The highest BCUT2D eigenvalue weighted by molar-refractivity contribution is 9.11. The molecule has 6 nitrogen and oxygen atoms in total. The second-order valence-electron chi connectivity index (χ2n) is 4.58. The molecule has 10 heteroatoms. The fourth-order valence-corrected chi connectivity index (χ4v) is 5.59. The van der Waals surface area contributed by atoms with Gasteiger partial charge in [0.05, 0.1) is 9.83 Å². The molecule has 0 radical (unpaired) electrons. The van der Waals surface area contributed by atoms with E-state index in [9.17, 15) is 13.2 Å². The van der Waals surface area contributed by atoms with Crippen LogP contribution in [-0.4, -0.2) is 55.8 Å². The number of piperazine rings is 1. The maximum absolute atomic E-state index is 12.4. The van der Waals surface area contributed by atoms with Crippen molar-refractivity contribution in [2.75, 3.05) is 26.2 Å². The molecule has 2 N–H and O–H groups in total. The van der Waals surface area contributed by atoms with Crippen molar-refractivity contribution in [3.8, 4) is 0 Å². The van der Waals surface area contributed by atoms with Gasteiger partial charge in [0.2, 0.25) is 5.91 Å². The summed E-state index contributed by atoms with van der Waals surface area (Å²) in [5.74, 6) is -0.138. The summed E-state index contributed by atoms with van der Waals surface area (Å²) < 4.78 is 27.3. The monoisotopic (exact) mass is 417 g/mol. The number of nitrogens with zero attached hydrogens (tertiary/aromatic N) is 2. The molecular formula is C11H17BrClN3O3S2. The van der Waals surface area contributed by atoms with Crippen LogP contribution < -0.4 is 5.73 Å². The largest absolute Gasteiger partial charge is 0.339 e. The van der Waals surface area contributed by atoms with E-state index in [1.165, 1.54) is 15.6 Å². The molecule has 120 valence electrons. The molecule has 1 aliphatic rings. The molecule has 0 saturated carbocycles. The first-order valence-electron chi connectivity index (χ1n) is 6.12. The Morgan fingerprint density at radius 3 is 2.33 bits per heavy atom. The van der Waals surface area contributed by atoms with E-state index >= 15 is 0 Å². The highest BCUT2D eigenvalue weighted by Crippen LogP contribution is 2.28. The van der Waals surface area contributed by atoms with Gasteiger partial charge in [-0.15, -0.1) is 23.7 Å². The summed E-state index contributed by atoms with van der Waals surface area (Å²) in [7, 11) is -3.46. The second-order valence-corrected chi connectivity index (χ2v) is 9.20. The van der Waals surface area contributed by atoms with Crippen molar-refractivity contribution in [2.45, 2.75) is 17.2 Å². The highest BCUT2D eigenvalue weighted by Gasteiger charge is 2.31. The first-order chi connectivity index (χ1) is 9.32. The summed E-state index contributed by atoms with van der Waals surface area (Å²) in [4.78, 5) is 13.4. The van der Waals surface area contributed by atoms with E-state index in [0.29, 0.717) is 30.4 Å². The lowest BCUT2D eigenvalue weighted by atomic mass is 10.2. The predicted molar refractivity (Wildman–Crippen MR) is 88.3 cm³/mol. The average Bonchev–Trinajstić information content (AvgIpc) is 2.85. The Kier molecular flexibility index (Phi) is 6.63. The first-order valence-corrected chi connectivity index (χ1v) is 9.17. The Bertz CT molecular complexity index is 598. The van der Waals surface area contributed by atoms with E-state index in [2.05, 4.69) is 15.9 Å². The normalized spacial score (nSPS) is 18.1. The van der Waals surface area contributed by atoms with Gasteiger partial charge >= 0.3 is 0 Å². The summed E-state index contributed by atoms with van der Waals surface area (Å²) in [5, 5.41) is 0. The maximum Gasteiger partial charge on any atom is 0.252 e. The van der Waals surface area contributed by atoms with E-state index in [4.69, 9.17) is 5.73 Å². The zero-order chi connectivity index (χ0) is 14.9. The quantitative estimate of drug-likeness (QED) is 0.797. The van der Waals surface area contributed by atoms with Gasteiger partial charge < -0.3 is 10.6 Å². The molecule has 21 heavy (non-hydrogen) atoms. The molecule has 2 heterocycles. The van der Waals surface area contributed by atoms with E-state index in [0.717, 1.165) is 3.79 Å². The minimum absolute atomic E-state index is 0. The minimum Gasteiger partial charge on any atom is -0.339 e. The van der Waals surface area contributed by atoms with Crippen LogP contribution in [-0.2, 0) is 14.8 Å². The average molecular weight is 419 g/mol. The zero-order valence-electron chi connectivity index (χ0n) is 11.4. The van der Waals surface area contributed by atoms with Crippen molar-refractivity contribution in [1.29, 1.82) is 0 Å². The van der Waals surface area contributed by atoms with Crippen LogP contribution in [0.15, 0.2) is 20.1 Å². The number of halogens is 2. The summed E-state index contributed by atoms with van der Waals surface area (Å²) in [6.07, 6.45) is 0. The lowest BCUT2D eigenvalue weighted by Gasteiger charge is -2.34. The lowest BCUT2D eigenvalue weighted by molar-refractivity contribution is -0.133. The van der Waals surface area contributed by atoms with E-state index in [1.54, 1.807) is 24.0 Å². The van der Waals surface area contributed by atoms with Gasteiger partial charge in [0.1, 0.15) is 4.21 Å². The number of amides is 1. The molecule has 0 aromatic carbocycles. The molecule has 1 aliphatic heterocycles. The molecule has 0 spiro atoms. The summed E-state index contributed by atoms with van der Waals surface area (Å²) in [5.41, 5.74) is 5.55. The third-order valence-corrected chi connectivity index (χ3v) is 7.07. The Morgan fingerprint density at radius 2 is 1.90 bits per heavy atom. The Hall–Kier alpha value is -0.190. The fraction of sp³-hybridized carbons (Fsp3) is 0.545. The van der Waals surface area contributed by atoms with Crippen LogP contribution in [0.3, 0.4) is 0 Å². The van der Waals surface area contributed by atoms with Gasteiger partial charge in [0.15, 0.2) is 0 Å². The minimum atomic E-state index is -3.46. The van der Waals surface area contributed by atoms with Crippen molar-refractivity contribution >= 4 is 55.6 Å². The van der Waals surface area contributed by atoms with Crippen LogP contribution in [0.5, 0.6) is 0 Å². The van der Waals surface area contributed by atoms with Crippen molar-refractivity contribution in [1.82, 2.24) is 9.21 Å².